The molecule has 1 saturated carbocycles. The Bertz CT molecular complexity index is 846. The van der Waals surface area contributed by atoms with Gasteiger partial charge in [-0.25, -0.2) is 12.8 Å². The van der Waals surface area contributed by atoms with E-state index in [1.807, 2.05) is 6.07 Å². The topological polar surface area (TPSA) is 59.8 Å². The summed E-state index contributed by atoms with van der Waals surface area (Å²) in [6, 6.07) is 7.28. The summed E-state index contributed by atoms with van der Waals surface area (Å²) in [7, 11) is -1.04. The van der Waals surface area contributed by atoms with E-state index in [1.165, 1.54) is 26.3 Å². The van der Waals surface area contributed by atoms with Gasteiger partial charge in [-0.2, -0.15) is 4.31 Å². The quantitative estimate of drug-likeness (QED) is 0.799. The molecule has 1 aliphatic rings. The van der Waals surface area contributed by atoms with Crippen molar-refractivity contribution in [3.63, 3.8) is 0 Å². The summed E-state index contributed by atoms with van der Waals surface area (Å²) in [4.78, 5) is -0.120. The van der Waals surface area contributed by atoms with Gasteiger partial charge in [0.15, 0.2) is 11.6 Å². The van der Waals surface area contributed by atoms with Crippen LogP contribution in [0.4, 0.5) is 4.39 Å². The molecule has 1 aliphatic carbocycles. The van der Waals surface area contributed by atoms with Crippen LogP contribution in [-0.2, 0) is 16.6 Å². The fourth-order valence-electron chi connectivity index (χ4n) is 2.69. The van der Waals surface area contributed by atoms with Crippen molar-refractivity contribution in [1.29, 1.82) is 0 Å². The lowest BCUT2D eigenvalue weighted by molar-refractivity contribution is 0.383. The zero-order valence-electron chi connectivity index (χ0n) is 13.8. The number of benzene rings is 1. The molecular weight excluding hydrogens is 333 g/mol. The maximum atomic E-state index is 13.8. The van der Waals surface area contributed by atoms with Gasteiger partial charge in [0.25, 0.3) is 0 Å². The van der Waals surface area contributed by atoms with Crippen molar-refractivity contribution in [3.8, 4) is 5.75 Å². The summed E-state index contributed by atoms with van der Waals surface area (Å²) in [6.45, 7) is 2.25. The fraction of sp³-hybridized carbons (Fsp3) is 0.412. The van der Waals surface area contributed by atoms with E-state index >= 15 is 0 Å². The van der Waals surface area contributed by atoms with Crippen LogP contribution in [0.25, 0.3) is 0 Å². The highest BCUT2D eigenvalue weighted by Crippen LogP contribution is 2.47. The first-order valence-corrected chi connectivity index (χ1v) is 9.15. The number of methoxy groups -OCH3 is 1. The summed E-state index contributed by atoms with van der Waals surface area (Å²) in [5, 5.41) is 0. The van der Waals surface area contributed by atoms with E-state index in [1.54, 1.807) is 6.07 Å². The van der Waals surface area contributed by atoms with Crippen LogP contribution in [0.5, 0.6) is 5.75 Å². The minimum absolute atomic E-state index is 0.00540. The van der Waals surface area contributed by atoms with E-state index in [2.05, 4.69) is 6.92 Å². The first-order valence-electron chi connectivity index (χ1n) is 7.71. The van der Waals surface area contributed by atoms with Gasteiger partial charge in [-0.1, -0.05) is 6.92 Å². The molecule has 1 aromatic heterocycles. The molecule has 3 rings (SSSR count). The number of hydrogen-bond acceptors (Lipinski definition) is 4. The van der Waals surface area contributed by atoms with E-state index in [9.17, 15) is 12.8 Å². The first kappa shape index (κ1) is 17.0. The Balaban J connectivity index is 1.76. The van der Waals surface area contributed by atoms with Crippen LogP contribution in [0.15, 0.2) is 39.6 Å². The van der Waals surface area contributed by atoms with Gasteiger partial charge in [0.2, 0.25) is 10.0 Å². The largest absolute Gasteiger partial charge is 0.494 e. The Morgan fingerprint density at radius 2 is 2.04 bits per heavy atom. The van der Waals surface area contributed by atoms with Crippen molar-refractivity contribution in [2.75, 3.05) is 14.2 Å². The molecule has 0 spiro atoms. The molecule has 0 bridgehead atoms. The Morgan fingerprint density at radius 1 is 1.33 bits per heavy atom. The lowest BCUT2D eigenvalue weighted by Gasteiger charge is -2.16. The third-order valence-electron chi connectivity index (χ3n) is 4.37. The second kappa shape index (κ2) is 6.22. The van der Waals surface area contributed by atoms with Gasteiger partial charge in [0.1, 0.15) is 11.5 Å². The maximum absolute atomic E-state index is 13.8. The van der Waals surface area contributed by atoms with Crippen molar-refractivity contribution in [2.24, 2.45) is 5.92 Å². The van der Waals surface area contributed by atoms with E-state index in [4.69, 9.17) is 9.15 Å². The Kier molecular flexibility index (Phi) is 4.40. The van der Waals surface area contributed by atoms with Crippen LogP contribution in [0, 0.1) is 11.7 Å². The summed E-state index contributed by atoms with van der Waals surface area (Å²) >= 11 is 0. The maximum Gasteiger partial charge on any atom is 0.243 e. The van der Waals surface area contributed by atoms with Gasteiger partial charge in [-0.3, -0.25) is 0 Å². The number of hydrogen-bond donors (Lipinski definition) is 0. The summed E-state index contributed by atoms with van der Waals surface area (Å²) in [5.74, 6) is 1.83. The van der Waals surface area contributed by atoms with Crippen molar-refractivity contribution in [3.05, 3.63) is 47.7 Å². The summed E-state index contributed by atoms with van der Waals surface area (Å²) < 4.78 is 50.6. The van der Waals surface area contributed by atoms with Crippen molar-refractivity contribution < 1.29 is 22.0 Å². The minimum Gasteiger partial charge on any atom is -0.494 e. The van der Waals surface area contributed by atoms with E-state index in [0.717, 1.165) is 22.6 Å². The number of furan rings is 1. The second-order valence-electron chi connectivity index (χ2n) is 6.18. The fourth-order valence-corrected chi connectivity index (χ4v) is 3.84. The highest BCUT2D eigenvalue weighted by Gasteiger charge is 2.36. The molecule has 0 amide bonds. The van der Waals surface area contributed by atoms with Crippen molar-refractivity contribution in [2.45, 2.75) is 30.7 Å². The normalized spacial score (nSPS) is 20.4. The van der Waals surface area contributed by atoms with Crippen LogP contribution in [0.3, 0.4) is 0 Å². The summed E-state index contributed by atoms with van der Waals surface area (Å²) in [6.07, 6.45) is 1.10. The van der Waals surface area contributed by atoms with Gasteiger partial charge in [0.05, 0.1) is 18.6 Å². The molecule has 24 heavy (non-hydrogen) atoms. The molecule has 7 heteroatoms. The predicted molar refractivity (Wildman–Crippen MR) is 86.8 cm³/mol. The molecule has 1 aromatic carbocycles. The lowest BCUT2D eigenvalue weighted by Crippen LogP contribution is -2.26. The molecule has 0 saturated heterocycles. The van der Waals surface area contributed by atoms with Gasteiger partial charge in [-0.15, -0.1) is 0 Å². The number of ether oxygens (including phenoxy) is 1. The minimum atomic E-state index is -3.81. The predicted octanol–water partition coefficient (Wildman–Crippen LogP) is 3.37. The van der Waals surface area contributed by atoms with E-state index in [-0.39, 0.29) is 17.2 Å². The van der Waals surface area contributed by atoms with Crippen molar-refractivity contribution in [1.82, 2.24) is 4.31 Å². The van der Waals surface area contributed by atoms with Gasteiger partial charge < -0.3 is 9.15 Å². The van der Waals surface area contributed by atoms with Gasteiger partial charge in [-0.05, 0) is 42.7 Å². The zero-order chi connectivity index (χ0) is 17.5. The summed E-state index contributed by atoms with van der Waals surface area (Å²) in [5.41, 5.74) is 0. The van der Waals surface area contributed by atoms with Crippen LogP contribution in [-0.4, -0.2) is 26.9 Å². The molecule has 2 atom stereocenters. The highest BCUT2D eigenvalue weighted by molar-refractivity contribution is 7.89. The van der Waals surface area contributed by atoms with Crippen LogP contribution < -0.4 is 4.74 Å². The Labute approximate surface area is 141 Å². The zero-order valence-corrected chi connectivity index (χ0v) is 14.6. The van der Waals surface area contributed by atoms with Crippen LogP contribution in [0.2, 0.25) is 0 Å². The molecule has 0 N–H and O–H groups in total. The standard InChI is InChI=1S/C17H20FNO4S/c1-11-8-14(11)16-6-4-12(23-16)10-19(2)24(20,21)13-5-7-17(22-3)15(18)9-13/h4-7,9,11,14H,8,10H2,1-3H3/t11-,14-/m1/s1. The molecule has 1 heterocycles. The molecule has 2 aromatic rings. The average Bonchev–Trinajstić information content (AvgIpc) is 3.09. The molecule has 1 fully saturated rings. The first-order chi connectivity index (χ1) is 11.3. The Morgan fingerprint density at radius 3 is 2.62 bits per heavy atom. The number of halogens is 1. The number of rotatable bonds is 6. The average molecular weight is 353 g/mol. The van der Waals surface area contributed by atoms with Crippen molar-refractivity contribution >= 4 is 10.0 Å². The Hall–Kier alpha value is -1.86. The van der Waals surface area contributed by atoms with Crippen LogP contribution >= 0.6 is 0 Å². The third kappa shape index (κ3) is 3.18. The van der Waals surface area contributed by atoms with Gasteiger partial charge in [0, 0.05) is 13.0 Å². The van der Waals surface area contributed by atoms with E-state index < -0.39 is 15.8 Å². The lowest BCUT2D eigenvalue weighted by atomic mass is 10.3. The third-order valence-corrected chi connectivity index (χ3v) is 6.17. The highest BCUT2D eigenvalue weighted by atomic mass is 32.2. The molecule has 5 nitrogen and oxygen atoms in total. The molecule has 0 aliphatic heterocycles. The molecule has 130 valence electrons. The molecular formula is C17H20FNO4S. The molecule has 0 radical (unpaired) electrons. The van der Waals surface area contributed by atoms with Crippen LogP contribution in [0.1, 0.15) is 30.8 Å². The smallest absolute Gasteiger partial charge is 0.243 e. The van der Waals surface area contributed by atoms with Gasteiger partial charge >= 0.3 is 0 Å². The number of sulfonamides is 1. The number of nitrogens with zero attached hydrogens (tertiary/aromatic N) is 1. The molecule has 0 unspecified atom stereocenters. The monoisotopic (exact) mass is 353 g/mol. The van der Waals surface area contributed by atoms with E-state index in [0.29, 0.717) is 17.6 Å². The second-order valence-corrected chi connectivity index (χ2v) is 8.23. The SMILES string of the molecule is COc1ccc(S(=O)(=O)N(C)Cc2ccc([C@@H]3C[C@H]3C)o2)cc1F.